The standard InChI is InChI=1S/C15H27NO6Si/c1-15(2,3)23(6,7)22-10-8-11(14(17)21-5)13(16(18)19)12(9-10)20-4/h9,11-13H,8H2,1-7H3/t11-,12-,13+/m0/s1. The summed E-state index contributed by atoms with van der Waals surface area (Å²) < 4.78 is 16.2. The summed E-state index contributed by atoms with van der Waals surface area (Å²) in [7, 11) is 0.516. The van der Waals surface area contributed by atoms with Crippen molar-refractivity contribution in [3.63, 3.8) is 0 Å². The van der Waals surface area contributed by atoms with E-state index < -0.39 is 37.3 Å². The van der Waals surface area contributed by atoms with Crippen LogP contribution >= 0.6 is 0 Å². The van der Waals surface area contributed by atoms with Crippen molar-refractivity contribution in [3.05, 3.63) is 21.9 Å². The number of esters is 1. The molecule has 8 heteroatoms. The molecule has 0 aromatic rings. The van der Waals surface area contributed by atoms with E-state index in [0.717, 1.165) is 0 Å². The van der Waals surface area contributed by atoms with Crippen LogP contribution in [0.15, 0.2) is 11.8 Å². The molecule has 0 saturated carbocycles. The highest BCUT2D eigenvalue weighted by Gasteiger charge is 2.49. The van der Waals surface area contributed by atoms with Gasteiger partial charge in [0.25, 0.3) is 6.04 Å². The maximum atomic E-state index is 12.0. The second-order valence-electron chi connectivity index (χ2n) is 7.31. The lowest BCUT2D eigenvalue weighted by Gasteiger charge is -2.39. The molecule has 0 aromatic carbocycles. The van der Waals surface area contributed by atoms with E-state index in [4.69, 9.17) is 13.9 Å². The van der Waals surface area contributed by atoms with Crippen LogP contribution in [0.2, 0.25) is 18.1 Å². The minimum atomic E-state index is -2.10. The first kappa shape index (κ1) is 19.6. The van der Waals surface area contributed by atoms with Gasteiger partial charge in [-0.25, -0.2) is 0 Å². The van der Waals surface area contributed by atoms with E-state index in [1.807, 2.05) is 0 Å². The molecule has 0 heterocycles. The fourth-order valence-corrected chi connectivity index (χ4v) is 3.43. The second kappa shape index (κ2) is 7.00. The number of carbonyl (C=O) groups excluding carboxylic acids is 1. The summed E-state index contributed by atoms with van der Waals surface area (Å²) in [6.45, 7) is 10.5. The number of carbonyl (C=O) groups is 1. The van der Waals surface area contributed by atoms with Crippen LogP contribution in [0, 0.1) is 16.0 Å². The van der Waals surface area contributed by atoms with Gasteiger partial charge in [-0.2, -0.15) is 0 Å². The summed E-state index contributed by atoms with van der Waals surface area (Å²) in [6.07, 6.45) is 0.973. The zero-order valence-corrected chi connectivity index (χ0v) is 15.9. The number of allylic oxidation sites excluding steroid dienone is 1. The van der Waals surface area contributed by atoms with Crippen LogP contribution in [0.3, 0.4) is 0 Å². The molecule has 1 rings (SSSR count). The van der Waals surface area contributed by atoms with Crippen LogP contribution < -0.4 is 0 Å². The Labute approximate surface area is 138 Å². The van der Waals surface area contributed by atoms with Crippen molar-refractivity contribution < 1.29 is 23.6 Å². The molecule has 0 amide bonds. The van der Waals surface area contributed by atoms with E-state index in [-0.39, 0.29) is 11.5 Å². The minimum absolute atomic E-state index is 0.0167. The zero-order valence-electron chi connectivity index (χ0n) is 14.9. The average molecular weight is 345 g/mol. The van der Waals surface area contributed by atoms with Gasteiger partial charge in [-0.1, -0.05) is 20.8 Å². The van der Waals surface area contributed by atoms with Crippen molar-refractivity contribution in [2.24, 2.45) is 5.92 Å². The largest absolute Gasteiger partial charge is 0.547 e. The van der Waals surface area contributed by atoms with E-state index in [2.05, 4.69) is 33.9 Å². The lowest BCUT2D eigenvalue weighted by molar-refractivity contribution is -0.540. The van der Waals surface area contributed by atoms with Crippen molar-refractivity contribution in [2.75, 3.05) is 14.2 Å². The normalized spacial score (nSPS) is 25.5. The Balaban J connectivity index is 3.16. The lowest BCUT2D eigenvalue weighted by Crippen LogP contribution is -2.48. The summed E-state index contributed by atoms with van der Waals surface area (Å²) >= 11 is 0. The van der Waals surface area contributed by atoms with E-state index >= 15 is 0 Å². The van der Waals surface area contributed by atoms with Crippen LogP contribution in [-0.4, -0.2) is 45.6 Å². The molecule has 0 radical (unpaired) electrons. The number of hydrogen-bond acceptors (Lipinski definition) is 6. The molecule has 0 N–H and O–H groups in total. The summed E-state index contributed by atoms with van der Waals surface area (Å²) in [6, 6.07) is -1.17. The summed E-state index contributed by atoms with van der Waals surface area (Å²) in [5, 5.41) is 11.3. The molecule has 0 fully saturated rings. The van der Waals surface area contributed by atoms with Crippen LogP contribution in [0.4, 0.5) is 0 Å². The third kappa shape index (κ3) is 4.32. The van der Waals surface area contributed by atoms with E-state index in [1.54, 1.807) is 6.08 Å². The molecule has 0 aliphatic heterocycles. The summed E-state index contributed by atoms with van der Waals surface area (Å²) in [4.78, 5) is 22.9. The predicted octanol–water partition coefficient (Wildman–Crippen LogP) is 2.75. The van der Waals surface area contributed by atoms with Crippen molar-refractivity contribution in [1.82, 2.24) is 0 Å². The van der Waals surface area contributed by atoms with Crippen molar-refractivity contribution >= 4 is 14.3 Å². The van der Waals surface area contributed by atoms with Gasteiger partial charge in [-0.3, -0.25) is 14.9 Å². The molecule has 3 atom stereocenters. The fraction of sp³-hybridized carbons (Fsp3) is 0.800. The van der Waals surface area contributed by atoms with Crippen molar-refractivity contribution in [1.29, 1.82) is 0 Å². The third-order valence-corrected chi connectivity index (χ3v) is 9.12. The maximum absolute atomic E-state index is 12.0. The number of rotatable bonds is 5. The van der Waals surface area contributed by atoms with Gasteiger partial charge in [0, 0.05) is 18.5 Å². The molecule has 1 aliphatic rings. The Morgan fingerprint density at radius 2 is 1.91 bits per heavy atom. The molecular formula is C15H27NO6Si. The zero-order chi connectivity index (χ0) is 18.0. The molecule has 0 saturated heterocycles. The summed E-state index contributed by atoms with van der Waals surface area (Å²) in [5.74, 6) is -0.945. The Hall–Kier alpha value is -1.41. The molecule has 0 spiro atoms. The van der Waals surface area contributed by atoms with Crippen molar-refractivity contribution in [2.45, 2.75) is 57.5 Å². The predicted molar refractivity (Wildman–Crippen MR) is 88.1 cm³/mol. The quantitative estimate of drug-likeness (QED) is 0.329. The summed E-state index contributed by atoms with van der Waals surface area (Å²) in [5.41, 5.74) is 0. The van der Waals surface area contributed by atoms with Gasteiger partial charge >= 0.3 is 5.97 Å². The monoisotopic (exact) mass is 345 g/mol. The maximum Gasteiger partial charge on any atom is 0.316 e. The first-order chi connectivity index (χ1) is 10.4. The van der Waals surface area contributed by atoms with E-state index in [9.17, 15) is 14.9 Å². The van der Waals surface area contributed by atoms with Crippen LogP contribution in [0.1, 0.15) is 27.2 Å². The van der Waals surface area contributed by atoms with Gasteiger partial charge in [-0.15, -0.1) is 0 Å². The Bertz CT molecular complexity index is 497. The van der Waals surface area contributed by atoms with E-state index in [1.165, 1.54) is 14.2 Å². The molecule has 0 bridgehead atoms. The highest BCUT2D eigenvalue weighted by Crippen LogP contribution is 2.40. The fourth-order valence-electron chi connectivity index (χ4n) is 2.32. The molecule has 0 unspecified atom stereocenters. The van der Waals surface area contributed by atoms with Gasteiger partial charge in [0.1, 0.15) is 12.0 Å². The number of methoxy groups -OCH3 is 2. The highest BCUT2D eigenvalue weighted by molar-refractivity contribution is 6.74. The molecule has 23 heavy (non-hydrogen) atoms. The smallest absolute Gasteiger partial charge is 0.316 e. The van der Waals surface area contributed by atoms with E-state index in [0.29, 0.717) is 5.76 Å². The van der Waals surface area contributed by atoms with Gasteiger partial charge < -0.3 is 13.9 Å². The van der Waals surface area contributed by atoms with Crippen LogP contribution in [0.25, 0.3) is 0 Å². The van der Waals surface area contributed by atoms with Crippen LogP contribution in [0.5, 0.6) is 0 Å². The Kier molecular flexibility index (Phi) is 5.98. The lowest BCUT2D eigenvalue weighted by atomic mass is 9.86. The van der Waals surface area contributed by atoms with Gasteiger partial charge in [0.05, 0.1) is 12.9 Å². The number of ether oxygens (including phenoxy) is 2. The molecule has 132 valence electrons. The minimum Gasteiger partial charge on any atom is -0.547 e. The molecular weight excluding hydrogens is 318 g/mol. The number of hydrogen-bond donors (Lipinski definition) is 0. The van der Waals surface area contributed by atoms with Crippen LogP contribution in [-0.2, 0) is 18.7 Å². The Morgan fingerprint density at radius 1 is 1.35 bits per heavy atom. The number of nitrogens with zero attached hydrogens (tertiary/aromatic N) is 1. The van der Waals surface area contributed by atoms with Gasteiger partial charge in [0.2, 0.25) is 8.32 Å². The second-order valence-corrected chi connectivity index (χ2v) is 12.0. The SMILES string of the molecule is COC(=O)[C@H]1CC(O[Si](C)(C)C(C)(C)C)=C[C@H](OC)[C@@H]1[N+](=O)[O-]. The highest BCUT2D eigenvalue weighted by atomic mass is 28.4. The first-order valence-electron chi connectivity index (χ1n) is 7.58. The molecule has 0 aromatic heterocycles. The number of nitro groups is 1. The Morgan fingerprint density at radius 3 is 2.30 bits per heavy atom. The average Bonchev–Trinajstić information content (AvgIpc) is 2.43. The topological polar surface area (TPSA) is 87.9 Å². The molecule has 1 aliphatic carbocycles. The molecule has 7 nitrogen and oxygen atoms in total. The third-order valence-electron chi connectivity index (χ3n) is 4.73. The van der Waals surface area contributed by atoms with Crippen molar-refractivity contribution in [3.8, 4) is 0 Å². The first-order valence-corrected chi connectivity index (χ1v) is 10.5. The van der Waals surface area contributed by atoms with Gasteiger partial charge in [0.15, 0.2) is 0 Å². The van der Waals surface area contributed by atoms with Gasteiger partial charge in [-0.05, 0) is 24.2 Å².